The normalized spacial score (nSPS) is 19.0. The molecule has 2 rings (SSSR count). The van der Waals surface area contributed by atoms with E-state index in [9.17, 15) is 9.90 Å². The van der Waals surface area contributed by atoms with Crippen LogP contribution in [0.5, 0.6) is 0 Å². The predicted octanol–water partition coefficient (Wildman–Crippen LogP) is 3.71. The Kier molecular flexibility index (Phi) is 5.17. The third kappa shape index (κ3) is 4.23. The molecular formula is C17H28N2O2S. The summed E-state index contributed by atoms with van der Waals surface area (Å²) in [6, 6.07) is 4.03. The summed E-state index contributed by atoms with van der Waals surface area (Å²) in [6.07, 6.45) is 4.18. The zero-order valence-corrected chi connectivity index (χ0v) is 14.8. The van der Waals surface area contributed by atoms with Crippen molar-refractivity contribution in [1.82, 2.24) is 10.6 Å². The molecule has 1 unspecified atom stereocenters. The van der Waals surface area contributed by atoms with Gasteiger partial charge in [0, 0.05) is 27.3 Å². The van der Waals surface area contributed by atoms with Crippen LogP contribution in [0.2, 0.25) is 0 Å². The van der Waals surface area contributed by atoms with Crippen LogP contribution in [0.25, 0.3) is 0 Å². The highest BCUT2D eigenvalue weighted by Crippen LogP contribution is 2.44. The summed E-state index contributed by atoms with van der Waals surface area (Å²) in [6.45, 7) is 8.39. The number of amides is 2. The Labute approximate surface area is 137 Å². The molecular weight excluding hydrogens is 296 g/mol. The molecule has 1 atom stereocenters. The summed E-state index contributed by atoms with van der Waals surface area (Å²) >= 11 is 1.68. The van der Waals surface area contributed by atoms with Gasteiger partial charge in [0.1, 0.15) is 0 Å². The Balaban J connectivity index is 2.07. The number of hydrogen-bond donors (Lipinski definition) is 3. The number of rotatable bonds is 4. The SMILES string of the molecule is CC(O)c1ccc(C2(CNC(=O)NC(C)(C)C)CCCC2)s1. The number of carbonyl (C=O) groups excluding carboxylic acids is 1. The predicted molar refractivity (Wildman–Crippen MR) is 91.4 cm³/mol. The van der Waals surface area contributed by atoms with Crippen molar-refractivity contribution in [1.29, 1.82) is 0 Å². The molecule has 0 aliphatic heterocycles. The van der Waals surface area contributed by atoms with Gasteiger partial charge in [-0.15, -0.1) is 11.3 Å². The molecule has 22 heavy (non-hydrogen) atoms. The van der Waals surface area contributed by atoms with Gasteiger partial charge in [-0.05, 0) is 52.7 Å². The van der Waals surface area contributed by atoms with Gasteiger partial charge < -0.3 is 15.7 Å². The molecule has 1 fully saturated rings. The van der Waals surface area contributed by atoms with Crippen LogP contribution < -0.4 is 10.6 Å². The van der Waals surface area contributed by atoms with Crippen molar-refractivity contribution in [2.24, 2.45) is 0 Å². The standard InChI is InChI=1S/C17H28N2O2S/c1-12(20)13-7-8-14(22-13)17(9-5-6-10-17)11-18-15(21)19-16(2,3)4/h7-8,12,20H,5-6,9-11H2,1-4H3,(H2,18,19,21). The van der Waals surface area contributed by atoms with Gasteiger partial charge in [-0.3, -0.25) is 0 Å². The Morgan fingerprint density at radius 1 is 1.36 bits per heavy atom. The molecule has 1 aromatic rings. The van der Waals surface area contributed by atoms with Crippen molar-refractivity contribution < 1.29 is 9.90 Å². The largest absolute Gasteiger partial charge is 0.388 e. The maximum atomic E-state index is 12.0. The molecule has 2 amide bonds. The van der Waals surface area contributed by atoms with Gasteiger partial charge >= 0.3 is 6.03 Å². The number of hydrogen-bond acceptors (Lipinski definition) is 3. The smallest absolute Gasteiger partial charge is 0.315 e. The second-order valence-electron chi connectivity index (χ2n) is 7.42. The summed E-state index contributed by atoms with van der Waals surface area (Å²) in [5.74, 6) is 0. The third-order valence-electron chi connectivity index (χ3n) is 4.20. The topological polar surface area (TPSA) is 61.4 Å². The van der Waals surface area contributed by atoms with Crippen LogP contribution in [-0.4, -0.2) is 23.2 Å². The van der Waals surface area contributed by atoms with Crippen molar-refractivity contribution >= 4 is 17.4 Å². The van der Waals surface area contributed by atoms with Crippen LogP contribution in [0.15, 0.2) is 12.1 Å². The lowest BCUT2D eigenvalue weighted by Crippen LogP contribution is -2.49. The van der Waals surface area contributed by atoms with Gasteiger partial charge in [0.15, 0.2) is 0 Å². The number of carbonyl (C=O) groups is 1. The fourth-order valence-corrected chi connectivity index (χ4v) is 4.25. The number of aliphatic hydroxyl groups is 1. The van der Waals surface area contributed by atoms with E-state index in [2.05, 4.69) is 16.7 Å². The van der Waals surface area contributed by atoms with Gasteiger partial charge in [0.2, 0.25) is 0 Å². The summed E-state index contributed by atoms with van der Waals surface area (Å²) in [5, 5.41) is 15.7. The molecule has 1 heterocycles. The zero-order valence-electron chi connectivity index (χ0n) is 14.0. The molecule has 1 saturated carbocycles. The lowest BCUT2D eigenvalue weighted by molar-refractivity contribution is 0.203. The number of urea groups is 1. The van der Waals surface area contributed by atoms with Crippen LogP contribution in [0, 0.1) is 0 Å². The molecule has 124 valence electrons. The molecule has 0 aromatic carbocycles. The van der Waals surface area contributed by atoms with E-state index in [0.717, 1.165) is 17.7 Å². The highest BCUT2D eigenvalue weighted by molar-refractivity contribution is 7.12. The monoisotopic (exact) mass is 324 g/mol. The van der Waals surface area contributed by atoms with Crippen LogP contribution >= 0.6 is 11.3 Å². The molecule has 1 aliphatic carbocycles. The van der Waals surface area contributed by atoms with Gasteiger partial charge in [-0.25, -0.2) is 4.79 Å². The maximum Gasteiger partial charge on any atom is 0.315 e. The minimum atomic E-state index is -0.422. The van der Waals surface area contributed by atoms with Crippen molar-refractivity contribution in [3.63, 3.8) is 0 Å². The summed E-state index contributed by atoms with van der Waals surface area (Å²) < 4.78 is 0. The van der Waals surface area contributed by atoms with E-state index in [1.165, 1.54) is 17.7 Å². The average Bonchev–Trinajstić information content (AvgIpc) is 3.04. The molecule has 0 bridgehead atoms. The molecule has 1 aromatic heterocycles. The number of thiophene rings is 1. The molecule has 0 saturated heterocycles. The Bertz CT molecular complexity index is 511. The second kappa shape index (κ2) is 6.59. The molecule has 3 N–H and O–H groups in total. The molecule has 0 radical (unpaired) electrons. The highest BCUT2D eigenvalue weighted by Gasteiger charge is 2.37. The van der Waals surface area contributed by atoms with Crippen molar-refractivity contribution in [3.05, 3.63) is 21.9 Å². The van der Waals surface area contributed by atoms with Gasteiger partial charge in [-0.2, -0.15) is 0 Å². The Morgan fingerprint density at radius 3 is 2.50 bits per heavy atom. The fraction of sp³-hybridized carbons (Fsp3) is 0.706. The Morgan fingerprint density at radius 2 is 2.00 bits per heavy atom. The lowest BCUT2D eigenvalue weighted by atomic mass is 9.84. The Hall–Kier alpha value is -1.07. The van der Waals surface area contributed by atoms with Crippen molar-refractivity contribution in [2.75, 3.05) is 6.54 Å². The lowest BCUT2D eigenvalue weighted by Gasteiger charge is -2.29. The van der Waals surface area contributed by atoms with Crippen molar-refractivity contribution in [3.8, 4) is 0 Å². The maximum absolute atomic E-state index is 12.0. The highest BCUT2D eigenvalue weighted by atomic mass is 32.1. The molecule has 1 aliphatic rings. The van der Waals surface area contributed by atoms with E-state index in [1.54, 1.807) is 18.3 Å². The van der Waals surface area contributed by atoms with E-state index >= 15 is 0 Å². The van der Waals surface area contributed by atoms with Gasteiger partial charge in [-0.1, -0.05) is 12.8 Å². The van der Waals surface area contributed by atoms with Gasteiger partial charge in [0.25, 0.3) is 0 Å². The molecule has 5 heteroatoms. The minimum absolute atomic E-state index is 0.0348. The van der Waals surface area contributed by atoms with E-state index in [-0.39, 0.29) is 17.0 Å². The third-order valence-corrected chi connectivity index (χ3v) is 5.70. The van der Waals surface area contributed by atoms with Crippen molar-refractivity contribution in [2.45, 2.75) is 70.4 Å². The quantitative estimate of drug-likeness (QED) is 0.790. The average molecular weight is 324 g/mol. The number of aliphatic hydroxyl groups excluding tert-OH is 1. The van der Waals surface area contributed by atoms with Crippen LogP contribution in [-0.2, 0) is 5.41 Å². The first-order valence-electron chi connectivity index (χ1n) is 8.06. The fourth-order valence-electron chi connectivity index (χ4n) is 3.06. The molecule has 4 nitrogen and oxygen atoms in total. The second-order valence-corrected chi connectivity index (χ2v) is 8.54. The first-order chi connectivity index (χ1) is 10.2. The summed E-state index contributed by atoms with van der Waals surface area (Å²) in [5.41, 5.74) is -0.192. The van der Waals surface area contributed by atoms with Crippen LogP contribution in [0.4, 0.5) is 4.79 Å². The minimum Gasteiger partial charge on any atom is -0.388 e. The van der Waals surface area contributed by atoms with E-state index < -0.39 is 6.10 Å². The number of nitrogens with one attached hydrogen (secondary N) is 2. The summed E-state index contributed by atoms with van der Waals surface area (Å²) in [7, 11) is 0. The zero-order chi connectivity index (χ0) is 16.4. The summed E-state index contributed by atoms with van der Waals surface area (Å²) in [4.78, 5) is 14.3. The molecule has 0 spiro atoms. The first kappa shape index (κ1) is 17.3. The van der Waals surface area contributed by atoms with E-state index in [1.807, 2.05) is 26.8 Å². The van der Waals surface area contributed by atoms with E-state index in [4.69, 9.17) is 0 Å². The van der Waals surface area contributed by atoms with Crippen LogP contribution in [0.1, 0.15) is 69.2 Å². The van der Waals surface area contributed by atoms with Crippen LogP contribution in [0.3, 0.4) is 0 Å². The van der Waals surface area contributed by atoms with E-state index in [0.29, 0.717) is 6.54 Å². The van der Waals surface area contributed by atoms with Gasteiger partial charge in [0.05, 0.1) is 6.10 Å². The first-order valence-corrected chi connectivity index (χ1v) is 8.88.